The predicted octanol–water partition coefficient (Wildman–Crippen LogP) is 3.50. The number of benzene rings is 1. The third kappa shape index (κ3) is 6.53. The smallest absolute Gasteiger partial charge is 0.333 e. The maximum absolute atomic E-state index is 14.7. The standard InChI is InChI=1S/C30H36FN7O6S/c1-17(33)9-10-30(5,15-32)16-44-22(20-13-19(31)7-8-21(20)43-6)14-36-26-23(18(2)25(45-26)38-34-11-12-35-38)24(39)37(28(36)42)29(3,4)27(40)41/h7-8,11-13,17,22H,9-10,14,16,33H2,1-6H3,(H,40,41)/t17?,22-,30?/m0/s1. The summed E-state index contributed by atoms with van der Waals surface area (Å²) in [5.74, 6) is -1.72. The first-order chi connectivity index (χ1) is 21.1. The second-order valence-electron chi connectivity index (χ2n) is 11.8. The fourth-order valence-corrected chi connectivity index (χ4v) is 6.17. The zero-order valence-corrected chi connectivity index (χ0v) is 26.7. The van der Waals surface area contributed by atoms with Crippen LogP contribution in [-0.4, -0.2) is 55.0 Å². The average Bonchev–Trinajstić information content (AvgIpc) is 3.63. The molecule has 1 aromatic carbocycles. The molecule has 45 heavy (non-hydrogen) atoms. The molecular weight excluding hydrogens is 605 g/mol. The number of aromatic nitrogens is 5. The van der Waals surface area contributed by atoms with Gasteiger partial charge < -0.3 is 20.3 Å². The van der Waals surface area contributed by atoms with E-state index in [9.17, 15) is 29.1 Å². The summed E-state index contributed by atoms with van der Waals surface area (Å²) in [7, 11) is 1.40. The number of carbonyl (C=O) groups is 1. The van der Waals surface area contributed by atoms with Crippen LogP contribution in [-0.2, 0) is 21.6 Å². The molecule has 3 heterocycles. The summed E-state index contributed by atoms with van der Waals surface area (Å²) < 4.78 is 28.5. The highest BCUT2D eigenvalue weighted by Gasteiger charge is 2.36. The van der Waals surface area contributed by atoms with Crippen LogP contribution in [0.15, 0.2) is 40.2 Å². The van der Waals surface area contributed by atoms with Crippen LogP contribution >= 0.6 is 11.3 Å². The molecule has 0 aliphatic carbocycles. The summed E-state index contributed by atoms with van der Waals surface area (Å²) in [5, 5.41) is 28.9. The first kappa shape index (κ1) is 33.5. The number of aryl methyl sites for hydroxylation is 1. The first-order valence-electron chi connectivity index (χ1n) is 14.2. The van der Waals surface area contributed by atoms with E-state index < -0.39 is 40.1 Å². The number of thiophene rings is 1. The number of aliphatic carboxylic acids is 1. The minimum absolute atomic E-state index is 0.102. The van der Waals surface area contributed by atoms with Gasteiger partial charge >= 0.3 is 11.7 Å². The molecule has 0 saturated carbocycles. The van der Waals surface area contributed by atoms with E-state index in [1.807, 2.05) is 6.92 Å². The van der Waals surface area contributed by atoms with Crippen molar-refractivity contribution in [3.8, 4) is 16.8 Å². The van der Waals surface area contributed by atoms with Crippen molar-refractivity contribution in [3.05, 3.63) is 68.4 Å². The topological polar surface area (TPSA) is 180 Å². The van der Waals surface area contributed by atoms with E-state index in [1.165, 1.54) is 60.9 Å². The number of carboxylic acids is 1. The molecule has 240 valence electrons. The van der Waals surface area contributed by atoms with Gasteiger partial charge in [-0.2, -0.15) is 15.5 Å². The molecule has 0 aliphatic rings. The number of hydrogen-bond donors (Lipinski definition) is 2. The Balaban J connectivity index is 1.98. The molecule has 0 radical (unpaired) electrons. The van der Waals surface area contributed by atoms with Gasteiger partial charge in [0, 0.05) is 17.2 Å². The van der Waals surface area contributed by atoms with Crippen LogP contribution in [0, 0.1) is 29.5 Å². The Morgan fingerprint density at radius 2 is 1.91 bits per heavy atom. The number of fused-ring (bicyclic) bond motifs is 1. The van der Waals surface area contributed by atoms with E-state index in [4.69, 9.17) is 15.2 Å². The van der Waals surface area contributed by atoms with E-state index in [0.717, 1.165) is 11.3 Å². The number of carboxylic acid groups (broad SMARTS) is 1. The van der Waals surface area contributed by atoms with Gasteiger partial charge in [-0.1, -0.05) is 11.3 Å². The molecule has 2 unspecified atom stereocenters. The summed E-state index contributed by atoms with van der Waals surface area (Å²) in [6, 6.07) is 5.98. The normalized spacial score (nSPS) is 14.6. The SMILES string of the molecule is COc1ccc(F)cc1[C@H](Cn1c(=O)n(C(C)(C)C(=O)O)c(=O)c2c(C)c(-n3nccn3)sc21)OCC(C)(C#N)CCC(C)N. The Kier molecular flexibility index (Phi) is 9.62. The van der Waals surface area contributed by atoms with E-state index in [0.29, 0.717) is 28.0 Å². The Morgan fingerprint density at radius 3 is 2.49 bits per heavy atom. The van der Waals surface area contributed by atoms with Crippen LogP contribution in [0.2, 0.25) is 0 Å². The average molecular weight is 642 g/mol. The van der Waals surface area contributed by atoms with Crippen LogP contribution in [0.4, 0.5) is 4.39 Å². The maximum Gasteiger partial charge on any atom is 0.333 e. The largest absolute Gasteiger partial charge is 0.496 e. The van der Waals surface area contributed by atoms with Crippen molar-refractivity contribution in [1.82, 2.24) is 24.1 Å². The molecule has 4 aromatic rings. The van der Waals surface area contributed by atoms with Crippen LogP contribution in [0.1, 0.15) is 57.8 Å². The maximum atomic E-state index is 14.7. The Morgan fingerprint density at radius 1 is 1.24 bits per heavy atom. The number of nitriles is 1. The second kappa shape index (κ2) is 12.9. The molecule has 0 spiro atoms. The Bertz CT molecular complexity index is 1870. The van der Waals surface area contributed by atoms with Gasteiger partial charge in [0.1, 0.15) is 33.0 Å². The van der Waals surface area contributed by atoms with Crippen LogP contribution in [0.25, 0.3) is 15.2 Å². The zero-order valence-electron chi connectivity index (χ0n) is 25.9. The van der Waals surface area contributed by atoms with Crippen molar-refractivity contribution < 1.29 is 23.8 Å². The lowest BCUT2D eigenvalue weighted by Gasteiger charge is -2.28. The summed E-state index contributed by atoms with van der Waals surface area (Å²) in [6.45, 7) is 7.34. The number of hydrogen-bond acceptors (Lipinski definition) is 10. The monoisotopic (exact) mass is 641 g/mol. The lowest BCUT2D eigenvalue weighted by atomic mass is 9.86. The summed E-state index contributed by atoms with van der Waals surface area (Å²) in [5.41, 5.74) is 2.01. The summed E-state index contributed by atoms with van der Waals surface area (Å²) in [6.07, 6.45) is 2.81. The predicted molar refractivity (Wildman–Crippen MR) is 165 cm³/mol. The number of methoxy groups -OCH3 is 1. The number of halogens is 1. The van der Waals surface area contributed by atoms with E-state index in [2.05, 4.69) is 16.3 Å². The first-order valence-corrected chi connectivity index (χ1v) is 15.0. The van der Waals surface area contributed by atoms with Gasteiger partial charge in [-0.05, 0) is 65.7 Å². The molecule has 0 amide bonds. The Hall–Kier alpha value is -4.39. The third-order valence-electron chi connectivity index (χ3n) is 7.78. The van der Waals surface area contributed by atoms with Gasteiger partial charge in [-0.25, -0.2) is 18.5 Å². The molecule has 15 heteroatoms. The van der Waals surface area contributed by atoms with Crippen molar-refractivity contribution in [2.45, 2.75) is 71.7 Å². The number of rotatable bonds is 13. The molecule has 13 nitrogen and oxygen atoms in total. The molecule has 3 atom stereocenters. The quantitative estimate of drug-likeness (QED) is 0.219. The van der Waals surface area contributed by atoms with Crippen molar-refractivity contribution in [2.24, 2.45) is 11.1 Å². The van der Waals surface area contributed by atoms with E-state index in [-0.39, 0.29) is 40.7 Å². The van der Waals surface area contributed by atoms with Gasteiger partial charge in [0.25, 0.3) is 5.56 Å². The molecule has 0 fully saturated rings. The molecule has 0 aliphatic heterocycles. The van der Waals surface area contributed by atoms with Gasteiger partial charge in [0.15, 0.2) is 0 Å². The minimum atomic E-state index is -1.94. The Labute approximate surface area is 262 Å². The van der Waals surface area contributed by atoms with Gasteiger partial charge in [-0.15, -0.1) is 4.80 Å². The third-order valence-corrected chi connectivity index (χ3v) is 9.06. The highest BCUT2D eigenvalue weighted by Crippen LogP contribution is 2.36. The summed E-state index contributed by atoms with van der Waals surface area (Å²) in [4.78, 5) is 41.9. The van der Waals surface area contributed by atoms with Gasteiger partial charge in [-0.3, -0.25) is 9.36 Å². The highest BCUT2D eigenvalue weighted by molar-refractivity contribution is 7.21. The molecule has 0 bridgehead atoms. The van der Waals surface area contributed by atoms with E-state index in [1.54, 1.807) is 13.8 Å². The van der Waals surface area contributed by atoms with Gasteiger partial charge in [0.2, 0.25) is 0 Å². The van der Waals surface area contributed by atoms with Crippen molar-refractivity contribution in [3.63, 3.8) is 0 Å². The van der Waals surface area contributed by atoms with Crippen LogP contribution < -0.4 is 21.7 Å². The molecular formula is C30H36FN7O6S. The van der Waals surface area contributed by atoms with Crippen LogP contribution in [0.5, 0.6) is 5.75 Å². The zero-order chi connectivity index (χ0) is 33.3. The van der Waals surface area contributed by atoms with Crippen LogP contribution in [0.3, 0.4) is 0 Å². The fourth-order valence-electron chi connectivity index (χ4n) is 4.95. The second-order valence-corrected chi connectivity index (χ2v) is 12.8. The molecule has 3 aromatic heterocycles. The fraction of sp³-hybridized carbons (Fsp3) is 0.467. The van der Waals surface area contributed by atoms with Gasteiger partial charge in [0.05, 0.1) is 49.5 Å². The number of nitrogens with two attached hydrogens (primary N) is 1. The van der Waals surface area contributed by atoms with Crippen molar-refractivity contribution >= 4 is 27.5 Å². The van der Waals surface area contributed by atoms with Crippen molar-refractivity contribution in [2.75, 3.05) is 13.7 Å². The number of ether oxygens (including phenoxy) is 2. The minimum Gasteiger partial charge on any atom is -0.496 e. The lowest BCUT2D eigenvalue weighted by Crippen LogP contribution is -2.52. The summed E-state index contributed by atoms with van der Waals surface area (Å²) >= 11 is 1.07. The lowest BCUT2D eigenvalue weighted by molar-refractivity contribution is -0.146. The van der Waals surface area contributed by atoms with Crippen molar-refractivity contribution in [1.29, 1.82) is 5.26 Å². The molecule has 4 rings (SSSR count). The number of nitrogens with zero attached hydrogens (tertiary/aromatic N) is 6. The van der Waals surface area contributed by atoms with E-state index >= 15 is 0 Å². The molecule has 3 N–H and O–H groups in total. The highest BCUT2D eigenvalue weighted by atomic mass is 32.1. The molecule has 0 saturated heterocycles.